The van der Waals surface area contributed by atoms with Crippen LogP contribution in [0.4, 0.5) is 0 Å². The number of benzene rings is 1. The fourth-order valence-corrected chi connectivity index (χ4v) is 2.25. The maximum Gasteiger partial charge on any atom is 0.337 e. The van der Waals surface area contributed by atoms with Crippen LogP contribution in [0.3, 0.4) is 0 Å². The van der Waals surface area contributed by atoms with Crippen molar-refractivity contribution in [2.45, 2.75) is 26.2 Å². The van der Waals surface area contributed by atoms with Crippen molar-refractivity contribution in [2.75, 3.05) is 0 Å². The molecule has 0 radical (unpaired) electrons. The van der Waals surface area contributed by atoms with Gasteiger partial charge in [0.2, 0.25) is 0 Å². The van der Waals surface area contributed by atoms with Gasteiger partial charge in [-0.15, -0.1) is 0 Å². The zero-order valence-electron chi connectivity index (χ0n) is 11.6. The highest BCUT2D eigenvalue weighted by molar-refractivity contribution is 9.10. The van der Waals surface area contributed by atoms with Crippen LogP contribution < -0.4 is 0 Å². The van der Waals surface area contributed by atoms with Crippen LogP contribution in [-0.4, -0.2) is 16.1 Å². The molecule has 0 saturated heterocycles. The van der Waals surface area contributed by atoms with Crippen molar-refractivity contribution in [2.24, 2.45) is 0 Å². The van der Waals surface area contributed by atoms with Crippen molar-refractivity contribution in [3.8, 4) is 11.3 Å². The maximum absolute atomic E-state index is 11.3. The summed E-state index contributed by atoms with van der Waals surface area (Å²) in [7, 11) is 0. The number of hydrogen-bond acceptors (Lipinski definition) is 2. The molecule has 0 unspecified atom stereocenters. The van der Waals surface area contributed by atoms with Gasteiger partial charge in [-0.3, -0.25) is 4.98 Å². The molecule has 2 rings (SSSR count). The molecule has 3 nitrogen and oxygen atoms in total. The summed E-state index contributed by atoms with van der Waals surface area (Å²) in [5.74, 6) is -0.940. The van der Waals surface area contributed by atoms with Gasteiger partial charge in [0.1, 0.15) is 0 Å². The predicted molar refractivity (Wildman–Crippen MR) is 83.0 cm³/mol. The first kappa shape index (κ1) is 14.7. The third-order valence-corrected chi connectivity index (χ3v) is 3.50. The number of pyridine rings is 1. The van der Waals surface area contributed by atoms with E-state index in [1.807, 2.05) is 45.0 Å². The molecular weight excluding hydrogens is 318 g/mol. The van der Waals surface area contributed by atoms with Crippen molar-refractivity contribution in [1.82, 2.24) is 4.98 Å². The van der Waals surface area contributed by atoms with E-state index in [0.29, 0.717) is 5.69 Å². The highest BCUT2D eigenvalue weighted by Gasteiger charge is 2.23. The number of halogens is 1. The standard InChI is InChI=1S/C16H16BrNO2/c1-16(2,3)14-12(15(19)20)8-9-13(18-14)10-4-6-11(17)7-5-10/h4-9H,1-3H3,(H,19,20). The minimum Gasteiger partial charge on any atom is -0.478 e. The van der Waals surface area contributed by atoms with E-state index >= 15 is 0 Å². The molecule has 0 saturated carbocycles. The first-order valence-electron chi connectivity index (χ1n) is 6.30. The lowest BCUT2D eigenvalue weighted by molar-refractivity contribution is 0.0693. The predicted octanol–water partition coefficient (Wildman–Crippen LogP) is 4.51. The largest absolute Gasteiger partial charge is 0.478 e. The van der Waals surface area contributed by atoms with E-state index in [-0.39, 0.29) is 11.0 Å². The molecule has 0 aliphatic carbocycles. The second kappa shape index (κ2) is 5.37. The Bertz CT molecular complexity index is 643. The SMILES string of the molecule is CC(C)(C)c1nc(-c2ccc(Br)cc2)ccc1C(=O)O. The Morgan fingerprint density at radius 3 is 2.20 bits per heavy atom. The van der Waals surface area contributed by atoms with Crippen LogP contribution in [0.5, 0.6) is 0 Å². The average molecular weight is 334 g/mol. The molecule has 0 fully saturated rings. The van der Waals surface area contributed by atoms with E-state index in [2.05, 4.69) is 20.9 Å². The normalized spacial score (nSPS) is 11.4. The van der Waals surface area contributed by atoms with Crippen LogP contribution >= 0.6 is 15.9 Å². The summed E-state index contributed by atoms with van der Waals surface area (Å²) in [6, 6.07) is 11.2. The Kier molecular flexibility index (Phi) is 3.95. The molecular formula is C16H16BrNO2. The van der Waals surface area contributed by atoms with Crippen molar-refractivity contribution in [3.63, 3.8) is 0 Å². The average Bonchev–Trinajstić information content (AvgIpc) is 2.38. The molecule has 1 aromatic carbocycles. The second-order valence-corrected chi connectivity index (χ2v) is 6.57. The zero-order chi connectivity index (χ0) is 14.9. The Hall–Kier alpha value is -1.68. The molecule has 104 valence electrons. The Morgan fingerprint density at radius 1 is 1.10 bits per heavy atom. The molecule has 0 aliphatic heterocycles. The Labute approximate surface area is 126 Å². The Morgan fingerprint density at radius 2 is 1.70 bits per heavy atom. The molecule has 4 heteroatoms. The third-order valence-electron chi connectivity index (χ3n) is 2.98. The quantitative estimate of drug-likeness (QED) is 0.879. The minimum absolute atomic E-state index is 0.262. The van der Waals surface area contributed by atoms with Gasteiger partial charge in [-0.05, 0) is 24.3 Å². The first-order valence-corrected chi connectivity index (χ1v) is 7.09. The van der Waals surface area contributed by atoms with Gasteiger partial charge < -0.3 is 5.11 Å². The minimum atomic E-state index is -0.940. The number of aromatic nitrogens is 1. The van der Waals surface area contributed by atoms with Gasteiger partial charge in [0.05, 0.1) is 17.0 Å². The van der Waals surface area contributed by atoms with Gasteiger partial charge in [-0.2, -0.15) is 0 Å². The summed E-state index contributed by atoms with van der Waals surface area (Å²) in [6.07, 6.45) is 0. The lowest BCUT2D eigenvalue weighted by Gasteiger charge is -2.21. The van der Waals surface area contributed by atoms with Crippen LogP contribution in [-0.2, 0) is 5.41 Å². The van der Waals surface area contributed by atoms with Gasteiger partial charge >= 0.3 is 5.97 Å². The maximum atomic E-state index is 11.3. The van der Waals surface area contributed by atoms with Gasteiger partial charge in [-0.1, -0.05) is 48.8 Å². The van der Waals surface area contributed by atoms with Gasteiger partial charge in [-0.25, -0.2) is 4.79 Å². The number of hydrogen-bond donors (Lipinski definition) is 1. The smallest absolute Gasteiger partial charge is 0.337 e. The van der Waals surface area contributed by atoms with Crippen LogP contribution in [0.15, 0.2) is 40.9 Å². The molecule has 2 aromatic rings. The molecule has 0 bridgehead atoms. The van der Waals surface area contributed by atoms with Crippen molar-refractivity contribution < 1.29 is 9.90 Å². The van der Waals surface area contributed by atoms with Crippen molar-refractivity contribution >= 4 is 21.9 Å². The Balaban J connectivity index is 2.58. The number of rotatable bonds is 2. The highest BCUT2D eigenvalue weighted by Crippen LogP contribution is 2.28. The molecule has 1 aromatic heterocycles. The monoisotopic (exact) mass is 333 g/mol. The summed E-state index contributed by atoms with van der Waals surface area (Å²) in [5, 5.41) is 9.28. The van der Waals surface area contributed by atoms with E-state index in [4.69, 9.17) is 0 Å². The van der Waals surface area contributed by atoms with Crippen LogP contribution in [0.1, 0.15) is 36.8 Å². The lowest BCUT2D eigenvalue weighted by Crippen LogP contribution is -2.19. The number of carboxylic acids is 1. The molecule has 0 amide bonds. The summed E-state index contributed by atoms with van der Waals surface area (Å²) >= 11 is 3.40. The number of aromatic carboxylic acids is 1. The molecule has 1 heterocycles. The van der Waals surface area contributed by atoms with E-state index in [1.54, 1.807) is 12.1 Å². The van der Waals surface area contributed by atoms with Gasteiger partial charge in [0.15, 0.2) is 0 Å². The molecule has 0 spiro atoms. The molecule has 1 N–H and O–H groups in total. The van der Waals surface area contributed by atoms with E-state index in [1.165, 1.54) is 0 Å². The van der Waals surface area contributed by atoms with E-state index < -0.39 is 5.97 Å². The van der Waals surface area contributed by atoms with Gasteiger partial charge in [0, 0.05) is 15.5 Å². The van der Waals surface area contributed by atoms with Crippen LogP contribution in [0, 0.1) is 0 Å². The second-order valence-electron chi connectivity index (χ2n) is 5.65. The van der Waals surface area contributed by atoms with Crippen LogP contribution in [0.25, 0.3) is 11.3 Å². The van der Waals surface area contributed by atoms with Gasteiger partial charge in [0.25, 0.3) is 0 Å². The third kappa shape index (κ3) is 3.07. The van der Waals surface area contributed by atoms with E-state index in [0.717, 1.165) is 15.7 Å². The number of carboxylic acid groups (broad SMARTS) is 1. The topological polar surface area (TPSA) is 50.2 Å². The number of nitrogens with zero attached hydrogens (tertiary/aromatic N) is 1. The van der Waals surface area contributed by atoms with Crippen molar-refractivity contribution in [1.29, 1.82) is 0 Å². The van der Waals surface area contributed by atoms with Crippen LogP contribution in [0.2, 0.25) is 0 Å². The molecule has 0 aliphatic rings. The number of carbonyl (C=O) groups is 1. The lowest BCUT2D eigenvalue weighted by atomic mass is 9.88. The fraction of sp³-hybridized carbons (Fsp3) is 0.250. The van der Waals surface area contributed by atoms with E-state index in [9.17, 15) is 9.90 Å². The highest BCUT2D eigenvalue weighted by atomic mass is 79.9. The summed E-state index contributed by atoms with van der Waals surface area (Å²) < 4.78 is 0.999. The first-order chi connectivity index (χ1) is 9.29. The molecule has 20 heavy (non-hydrogen) atoms. The summed E-state index contributed by atoms with van der Waals surface area (Å²) in [4.78, 5) is 15.9. The summed E-state index contributed by atoms with van der Waals surface area (Å²) in [6.45, 7) is 5.90. The fourth-order valence-electron chi connectivity index (χ4n) is 1.98. The van der Waals surface area contributed by atoms with Crippen molar-refractivity contribution in [3.05, 3.63) is 52.1 Å². The summed E-state index contributed by atoms with van der Waals surface area (Å²) in [5.41, 5.74) is 2.30. The molecule has 0 atom stereocenters. The zero-order valence-corrected chi connectivity index (χ0v) is 13.2.